The van der Waals surface area contributed by atoms with Gasteiger partial charge in [0, 0.05) is 13.2 Å². The van der Waals surface area contributed by atoms with Crippen molar-refractivity contribution in [1.29, 1.82) is 0 Å². The molecule has 0 aromatic carbocycles. The van der Waals surface area contributed by atoms with Crippen molar-refractivity contribution in [3.05, 3.63) is 16.2 Å². The Labute approximate surface area is 104 Å². The average Bonchev–Trinajstić information content (AvgIpc) is 2.22. The van der Waals surface area contributed by atoms with E-state index in [1.54, 1.807) is 13.3 Å². The van der Waals surface area contributed by atoms with Gasteiger partial charge in [-0.05, 0) is 41.3 Å². The van der Waals surface area contributed by atoms with Gasteiger partial charge in [0.2, 0.25) is 0 Å². The summed E-state index contributed by atoms with van der Waals surface area (Å²) in [6.45, 7) is 1.98. The molecular weight excluding hydrogens is 270 g/mol. The second kappa shape index (κ2) is 4.59. The molecule has 0 spiro atoms. The van der Waals surface area contributed by atoms with Crippen LogP contribution in [0.5, 0.6) is 0 Å². The normalized spacial score (nSPS) is 23.9. The molecular formula is C11H16BrN3O. The fourth-order valence-electron chi connectivity index (χ4n) is 1.76. The number of methoxy groups -OCH3 is 1. The lowest BCUT2D eigenvalue weighted by atomic mass is 9.89. The molecule has 5 heteroatoms. The van der Waals surface area contributed by atoms with E-state index >= 15 is 0 Å². The smallest absolute Gasteiger partial charge is 0.140 e. The number of rotatable bonds is 3. The first-order chi connectivity index (χ1) is 7.61. The van der Waals surface area contributed by atoms with Gasteiger partial charge in [0.1, 0.15) is 5.82 Å². The third-order valence-electron chi connectivity index (χ3n) is 3.07. The number of nitrogens with one attached hydrogen (secondary N) is 1. The van der Waals surface area contributed by atoms with E-state index in [4.69, 9.17) is 10.5 Å². The highest BCUT2D eigenvalue weighted by molar-refractivity contribution is 9.10. The number of nitrogens with two attached hydrogens (primary N) is 1. The molecule has 0 aliphatic heterocycles. The van der Waals surface area contributed by atoms with Crippen LogP contribution in [0.1, 0.15) is 18.4 Å². The first-order valence-corrected chi connectivity index (χ1v) is 6.11. The van der Waals surface area contributed by atoms with E-state index in [2.05, 4.69) is 26.2 Å². The zero-order chi connectivity index (χ0) is 11.7. The zero-order valence-electron chi connectivity index (χ0n) is 9.46. The lowest BCUT2D eigenvalue weighted by molar-refractivity contribution is 0.0328. The lowest BCUT2D eigenvalue weighted by Crippen LogP contribution is -2.40. The molecule has 0 unspecified atom stereocenters. The molecule has 0 radical (unpaired) electrons. The molecule has 1 aliphatic rings. The Bertz CT molecular complexity index is 391. The van der Waals surface area contributed by atoms with Gasteiger partial charge in [-0.1, -0.05) is 0 Å². The topological polar surface area (TPSA) is 60.2 Å². The summed E-state index contributed by atoms with van der Waals surface area (Å²) in [6.07, 6.45) is 4.16. The van der Waals surface area contributed by atoms with Gasteiger partial charge in [-0.25, -0.2) is 4.98 Å². The zero-order valence-corrected chi connectivity index (χ0v) is 11.0. The van der Waals surface area contributed by atoms with Crippen molar-refractivity contribution in [3.63, 3.8) is 0 Å². The van der Waals surface area contributed by atoms with Crippen LogP contribution < -0.4 is 11.1 Å². The fraction of sp³-hybridized carbons (Fsp3) is 0.545. The van der Waals surface area contributed by atoms with Crippen molar-refractivity contribution in [3.8, 4) is 0 Å². The molecule has 1 fully saturated rings. The maximum absolute atomic E-state index is 5.77. The van der Waals surface area contributed by atoms with Crippen molar-refractivity contribution in [2.24, 2.45) is 0 Å². The fourth-order valence-corrected chi connectivity index (χ4v) is 2.21. The number of halogens is 1. The van der Waals surface area contributed by atoms with Crippen LogP contribution in [0.4, 0.5) is 11.5 Å². The second-order valence-corrected chi connectivity index (χ2v) is 4.96. The van der Waals surface area contributed by atoms with E-state index in [9.17, 15) is 0 Å². The van der Waals surface area contributed by atoms with Gasteiger partial charge in [-0.15, -0.1) is 0 Å². The predicted octanol–water partition coefficient (Wildman–Crippen LogP) is 2.32. The van der Waals surface area contributed by atoms with E-state index in [1.165, 1.54) is 0 Å². The van der Waals surface area contributed by atoms with E-state index in [0.717, 1.165) is 28.7 Å². The average molecular weight is 286 g/mol. The monoisotopic (exact) mass is 285 g/mol. The Morgan fingerprint density at radius 1 is 1.56 bits per heavy atom. The Morgan fingerprint density at radius 3 is 2.88 bits per heavy atom. The quantitative estimate of drug-likeness (QED) is 0.895. The van der Waals surface area contributed by atoms with Crippen molar-refractivity contribution >= 4 is 27.4 Å². The standard InChI is InChI=1S/C11H16BrN3O/c1-6-9(13)5-14-11(10(6)12)15-7-3-8(4-7)16-2/h5,7-8H,3-4,13H2,1-2H3,(H,14,15). The summed E-state index contributed by atoms with van der Waals surface area (Å²) in [4.78, 5) is 4.29. The van der Waals surface area contributed by atoms with E-state index in [-0.39, 0.29) is 0 Å². The molecule has 0 bridgehead atoms. The Hall–Kier alpha value is -0.810. The predicted molar refractivity (Wildman–Crippen MR) is 68.5 cm³/mol. The van der Waals surface area contributed by atoms with Crippen LogP contribution >= 0.6 is 15.9 Å². The summed E-state index contributed by atoms with van der Waals surface area (Å²) in [5.74, 6) is 0.867. The highest BCUT2D eigenvalue weighted by atomic mass is 79.9. The van der Waals surface area contributed by atoms with Gasteiger partial charge >= 0.3 is 0 Å². The summed E-state index contributed by atoms with van der Waals surface area (Å²) in [7, 11) is 1.75. The Morgan fingerprint density at radius 2 is 2.25 bits per heavy atom. The first-order valence-electron chi connectivity index (χ1n) is 5.31. The molecule has 16 heavy (non-hydrogen) atoms. The maximum atomic E-state index is 5.77. The molecule has 1 heterocycles. The minimum Gasteiger partial charge on any atom is -0.397 e. The molecule has 0 amide bonds. The van der Waals surface area contributed by atoms with Gasteiger partial charge < -0.3 is 15.8 Å². The SMILES string of the molecule is COC1CC(Nc2ncc(N)c(C)c2Br)C1. The summed E-state index contributed by atoms with van der Waals surface area (Å²) < 4.78 is 6.19. The summed E-state index contributed by atoms with van der Waals surface area (Å²) in [5.41, 5.74) is 7.51. The van der Waals surface area contributed by atoms with Crippen LogP contribution in [0, 0.1) is 6.92 Å². The number of hydrogen-bond acceptors (Lipinski definition) is 4. The second-order valence-electron chi connectivity index (χ2n) is 4.17. The molecule has 0 saturated heterocycles. The number of aromatic nitrogens is 1. The largest absolute Gasteiger partial charge is 0.397 e. The molecule has 1 aromatic rings. The van der Waals surface area contributed by atoms with E-state index in [1.807, 2.05) is 6.92 Å². The number of hydrogen-bond donors (Lipinski definition) is 2. The molecule has 3 N–H and O–H groups in total. The van der Waals surface area contributed by atoms with Gasteiger partial charge in [0.25, 0.3) is 0 Å². The van der Waals surface area contributed by atoms with Crippen LogP contribution in [-0.4, -0.2) is 24.2 Å². The third-order valence-corrected chi connectivity index (χ3v) is 4.04. The van der Waals surface area contributed by atoms with Crippen LogP contribution in [0.3, 0.4) is 0 Å². The molecule has 2 rings (SSSR count). The summed E-state index contributed by atoms with van der Waals surface area (Å²) >= 11 is 3.51. The third kappa shape index (κ3) is 2.15. The van der Waals surface area contributed by atoms with Crippen molar-refractivity contribution in [2.75, 3.05) is 18.2 Å². The number of pyridine rings is 1. The Balaban J connectivity index is 2.03. The molecule has 0 atom stereocenters. The van der Waals surface area contributed by atoms with Gasteiger partial charge in [-0.2, -0.15) is 0 Å². The highest BCUT2D eigenvalue weighted by Gasteiger charge is 2.29. The minimum absolute atomic E-state index is 0.395. The molecule has 88 valence electrons. The van der Waals surface area contributed by atoms with Crippen LogP contribution in [0.25, 0.3) is 0 Å². The van der Waals surface area contributed by atoms with Gasteiger partial charge in [-0.3, -0.25) is 0 Å². The van der Waals surface area contributed by atoms with E-state index < -0.39 is 0 Å². The molecule has 4 nitrogen and oxygen atoms in total. The molecule has 1 aliphatic carbocycles. The number of nitrogen functional groups attached to an aromatic ring is 1. The Kier molecular flexibility index (Phi) is 3.35. The van der Waals surface area contributed by atoms with Crippen molar-refractivity contribution in [1.82, 2.24) is 4.98 Å². The van der Waals surface area contributed by atoms with E-state index in [0.29, 0.717) is 17.8 Å². The summed E-state index contributed by atoms with van der Waals surface area (Å²) in [6, 6.07) is 0.455. The minimum atomic E-state index is 0.395. The lowest BCUT2D eigenvalue weighted by Gasteiger charge is -2.35. The van der Waals surface area contributed by atoms with Gasteiger partial charge in [0.05, 0.1) is 22.5 Å². The number of ether oxygens (including phenoxy) is 1. The van der Waals surface area contributed by atoms with Crippen LogP contribution in [0.2, 0.25) is 0 Å². The maximum Gasteiger partial charge on any atom is 0.140 e. The van der Waals surface area contributed by atoms with Crippen molar-refractivity contribution in [2.45, 2.75) is 31.9 Å². The van der Waals surface area contributed by atoms with Crippen LogP contribution in [0.15, 0.2) is 10.7 Å². The van der Waals surface area contributed by atoms with Gasteiger partial charge in [0.15, 0.2) is 0 Å². The number of anilines is 2. The number of nitrogens with zero attached hydrogens (tertiary/aromatic N) is 1. The highest BCUT2D eigenvalue weighted by Crippen LogP contribution is 2.31. The molecule has 1 aromatic heterocycles. The first kappa shape index (κ1) is 11.7. The summed E-state index contributed by atoms with van der Waals surface area (Å²) in [5, 5.41) is 3.39. The molecule has 1 saturated carbocycles. The van der Waals surface area contributed by atoms with Crippen molar-refractivity contribution < 1.29 is 4.74 Å². The van der Waals surface area contributed by atoms with Crippen LogP contribution in [-0.2, 0) is 4.74 Å².